The van der Waals surface area contributed by atoms with Crippen LogP contribution in [0.1, 0.15) is 37.8 Å². The predicted octanol–water partition coefficient (Wildman–Crippen LogP) is 2.70. The molecule has 5 nitrogen and oxygen atoms in total. The smallest absolute Gasteiger partial charge is 0.191 e. The predicted molar refractivity (Wildman–Crippen MR) is 125 cm³/mol. The van der Waals surface area contributed by atoms with Gasteiger partial charge in [0.25, 0.3) is 0 Å². The second-order valence-electron chi connectivity index (χ2n) is 7.60. The van der Waals surface area contributed by atoms with Crippen LogP contribution in [0.5, 0.6) is 0 Å². The Bertz CT molecular complexity index is 606. The lowest BCUT2D eigenvalue weighted by Crippen LogP contribution is -2.49. The van der Waals surface area contributed by atoms with E-state index in [0.717, 1.165) is 45.1 Å². The van der Waals surface area contributed by atoms with Gasteiger partial charge in [-0.25, -0.2) is 0 Å². The number of likely N-dealkylation sites (N-methyl/N-ethyl adjacent to an activating group) is 1. The first-order chi connectivity index (χ1) is 12.7. The van der Waals surface area contributed by atoms with Gasteiger partial charge in [-0.05, 0) is 50.4 Å². The standard InChI is InChI=1S/C21H35N5.HI/c1-4-25-12-7-10-20(25)15-24-21(22-3)23-14-17(2)26-13-11-18-8-5-6-9-19(18)16-26;/h5-6,8-9,17,20H,4,7,10-16H2,1-3H3,(H2,22,23,24);1H. The van der Waals surface area contributed by atoms with Crippen LogP contribution < -0.4 is 10.6 Å². The number of hydrogen-bond donors (Lipinski definition) is 2. The number of guanidine groups is 1. The number of hydrogen-bond acceptors (Lipinski definition) is 3. The fourth-order valence-electron chi connectivity index (χ4n) is 4.24. The maximum Gasteiger partial charge on any atom is 0.191 e. The molecule has 0 saturated carbocycles. The first-order valence-corrected chi connectivity index (χ1v) is 10.2. The molecule has 2 unspecified atom stereocenters. The highest BCUT2D eigenvalue weighted by Crippen LogP contribution is 2.20. The fraction of sp³-hybridized carbons (Fsp3) is 0.667. The number of aliphatic imine (C=N–C) groups is 1. The van der Waals surface area contributed by atoms with Crippen LogP contribution in [0.25, 0.3) is 0 Å². The second kappa shape index (κ2) is 11.2. The summed E-state index contributed by atoms with van der Waals surface area (Å²) >= 11 is 0. The SMILES string of the molecule is CCN1CCCC1CNC(=NC)NCC(C)N1CCc2ccccc2C1.I. The van der Waals surface area contributed by atoms with Crippen molar-refractivity contribution in [1.82, 2.24) is 20.4 Å². The van der Waals surface area contributed by atoms with E-state index in [-0.39, 0.29) is 24.0 Å². The van der Waals surface area contributed by atoms with Gasteiger partial charge in [0, 0.05) is 45.3 Å². The summed E-state index contributed by atoms with van der Waals surface area (Å²) in [5, 5.41) is 7.05. The van der Waals surface area contributed by atoms with Gasteiger partial charge in [-0.1, -0.05) is 31.2 Å². The van der Waals surface area contributed by atoms with Crippen molar-refractivity contribution >= 4 is 29.9 Å². The Kier molecular flexibility index (Phi) is 9.32. The second-order valence-corrected chi connectivity index (χ2v) is 7.60. The van der Waals surface area contributed by atoms with Crippen molar-refractivity contribution in [1.29, 1.82) is 0 Å². The molecular formula is C21H36IN5. The summed E-state index contributed by atoms with van der Waals surface area (Å²) in [7, 11) is 1.86. The van der Waals surface area contributed by atoms with Gasteiger partial charge in [0.05, 0.1) is 0 Å². The van der Waals surface area contributed by atoms with E-state index in [0.29, 0.717) is 12.1 Å². The van der Waals surface area contributed by atoms with Gasteiger partial charge in [0.2, 0.25) is 0 Å². The maximum atomic E-state index is 4.41. The largest absolute Gasteiger partial charge is 0.355 e. The lowest BCUT2D eigenvalue weighted by molar-refractivity contribution is 0.191. The van der Waals surface area contributed by atoms with Gasteiger partial charge in [-0.3, -0.25) is 14.8 Å². The van der Waals surface area contributed by atoms with Gasteiger partial charge < -0.3 is 10.6 Å². The van der Waals surface area contributed by atoms with Crippen molar-refractivity contribution in [2.45, 2.75) is 51.7 Å². The Hall–Kier alpha value is -0.860. The van der Waals surface area contributed by atoms with Crippen molar-refractivity contribution in [3.63, 3.8) is 0 Å². The lowest BCUT2D eigenvalue weighted by atomic mass is 9.99. The van der Waals surface area contributed by atoms with Gasteiger partial charge in [-0.2, -0.15) is 0 Å². The molecule has 1 saturated heterocycles. The third kappa shape index (κ3) is 6.06. The molecular weight excluding hydrogens is 449 g/mol. The van der Waals surface area contributed by atoms with Gasteiger partial charge in [0.1, 0.15) is 0 Å². The summed E-state index contributed by atoms with van der Waals surface area (Å²) in [4.78, 5) is 9.54. The molecule has 0 amide bonds. The summed E-state index contributed by atoms with van der Waals surface area (Å²) in [5.74, 6) is 0.928. The topological polar surface area (TPSA) is 42.9 Å². The zero-order valence-electron chi connectivity index (χ0n) is 17.1. The molecule has 27 heavy (non-hydrogen) atoms. The highest BCUT2D eigenvalue weighted by atomic mass is 127. The third-order valence-corrected chi connectivity index (χ3v) is 5.98. The number of nitrogens with zero attached hydrogens (tertiary/aromatic N) is 3. The van der Waals surface area contributed by atoms with Crippen molar-refractivity contribution in [3.8, 4) is 0 Å². The number of rotatable bonds is 6. The van der Waals surface area contributed by atoms with E-state index in [1.807, 2.05) is 7.05 Å². The van der Waals surface area contributed by atoms with Crippen LogP contribution in [0.3, 0.4) is 0 Å². The zero-order chi connectivity index (χ0) is 18.4. The Balaban J connectivity index is 0.00000261. The minimum Gasteiger partial charge on any atom is -0.355 e. The van der Waals surface area contributed by atoms with E-state index < -0.39 is 0 Å². The quantitative estimate of drug-likeness (QED) is 0.370. The van der Waals surface area contributed by atoms with Crippen LogP contribution in [0, 0.1) is 0 Å². The molecule has 2 aliphatic rings. The molecule has 1 aromatic carbocycles. The third-order valence-electron chi connectivity index (χ3n) is 5.98. The molecule has 0 aromatic heterocycles. The lowest BCUT2D eigenvalue weighted by Gasteiger charge is -2.34. The van der Waals surface area contributed by atoms with Crippen molar-refractivity contribution in [3.05, 3.63) is 35.4 Å². The molecule has 2 aliphatic heterocycles. The highest BCUT2D eigenvalue weighted by Gasteiger charge is 2.23. The summed E-state index contributed by atoms with van der Waals surface area (Å²) in [6.07, 6.45) is 3.77. The molecule has 0 spiro atoms. The first kappa shape index (κ1) is 22.4. The molecule has 2 atom stereocenters. The van der Waals surface area contributed by atoms with Crippen LogP contribution in [0.15, 0.2) is 29.3 Å². The van der Waals surface area contributed by atoms with E-state index in [4.69, 9.17) is 0 Å². The van der Waals surface area contributed by atoms with E-state index in [1.165, 1.54) is 30.5 Å². The Labute approximate surface area is 182 Å². The van der Waals surface area contributed by atoms with Gasteiger partial charge in [-0.15, -0.1) is 24.0 Å². The van der Waals surface area contributed by atoms with Crippen LogP contribution >= 0.6 is 24.0 Å². The number of fused-ring (bicyclic) bond motifs is 1. The summed E-state index contributed by atoms with van der Waals surface area (Å²) in [5.41, 5.74) is 2.99. The van der Waals surface area contributed by atoms with Crippen LogP contribution in [0.4, 0.5) is 0 Å². The molecule has 2 heterocycles. The number of likely N-dealkylation sites (tertiary alicyclic amines) is 1. The Morgan fingerprint density at radius 1 is 1.22 bits per heavy atom. The van der Waals surface area contributed by atoms with E-state index in [9.17, 15) is 0 Å². The maximum absolute atomic E-state index is 4.41. The van der Waals surface area contributed by atoms with E-state index >= 15 is 0 Å². The van der Waals surface area contributed by atoms with Crippen molar-refractivity contribution in [2.24, 2.45) is 4.99 Å². The Morgan fingerprint density at radius 2 is 2.00 bits per heavy atom. The molecule has 0 aliphatic carbocycles. The number of nitrogens with one attached hydrogen (secondary N) is 2. The highest BCUT2D eigenvalue weighted by molar-refractivity contribution is 14.0. The molecule has 0 radical (unpaired) electrons. The number of halogens is 1. The summed E-state index contributed by atoms with van der Waals surface area (Å²) in [6, 6.07) is 9.97. The molecule has 1 fully saturated rings. The monoisotopic (exact) mass is 485 g/mol. The van der Waals surface area contributed by atoms with Crippen LogP contribution in [0.2, 0.25) is 0 Å². The zero-order valence-corrected chi connectivity index (χ0v) is 19.4. The minimum absolute atomic E-state index is 0. The summed E-state index contributed by atoms with van der Waals surface area (Å²) in [6.45, 7) is 11.0. The van der Waals surface area contributed by atoms with Crippen LogP contribution in [-0.2, 0) is 13.0 Å². The number of benzene rings is 1. The molecule has 2 N–H and O–H groups in total. The van der Waals surface area contributed by atoms with Crippen molar-refractivity contribution in [2.75, 3.05) is 39.8 Å². The average molecular weight is 485 g/mol. The molecule has 0 bridgehead atoms. The average Bonchev–Trinajstić information content (AvgIpc) is 3.15. The fourth-order valence-corrected chi connectivity index (χ4v) is 4.24. The molecule has 3 rings (SSSR count). The normalized spacial score (nSPS) is 22.0. The molecule has 6 heteroatoms. The van der Waals surface area contributed by atoms with Gasteiger partial charge in [0.15, 0.2) is 5.96 Å². The molecule has 152 valence electrons. The minimum atomic E-state index is 0. The van der Waals surface area contributed by atoms with Crippen molar-refractivity contribution < 1.29 is 0 Å². The van der Waals surface area contributed by atoms with Crippen LogP contribution in [-0.4, -0.2) is 67.6 Å². The van der Waals surface area contributed by atoms with Gasteiger partial charge >= 0.3 is 0 Å². The Morgan fingerprint density at radius 3 is 2.74 bits per heavy atom. The van der Waals surface area contributed by atoms with E-state index in [2.05, 4.69) is 63.5 Å². The van der Waals surface area contributed by atoms with E-state index in [1.54, 1.807) is 0 Å². The first-order valence-electron chi connectivity index (χ1n) is 10.2. The molecule has 1 aromatic rings. The summed E-state index contributed by atoms with van der Waals surface area (Å²) < 4.78 is 0.